The molecule has 0 aliphatic rings. The van der Waals surface area contributed by atoms with Gasteiger partial charge in [0.1, 0.15) is 6.61 Å². The second-order valence-corrected chi connectivity index (χ2v) is 5.11. The first-order valence-electron chi connectivity index (χ1n) is 5.32. The van der Waals surface area contributed by atoms with Crippen LogP contribution in [0.15, 0.2) is 12.1 Å². The monoisotopic (exact) mass is 292 g/mol. The molecule has 0 aliphatic heterocycles. The van der Waals surface area contributed by atoms with Gasteiger partial charge in [0, 0.05) is 17.7 Å². The molecule has 0 radical (unpaired) electrons. The van der Waals surface area contributed by atoms with Gasteiger partial charge in [0.05, 0.1) is 15.0 Å². The molecule has 1 rings (SSSR count). The number of hydrogen-bond donors (Lipinski definition) is 1. The Morgan fingerprint density at radius 1 is 1.44 bits per heavy atom. The molecule has 0 spiro atoms. The van der Waals surface area contributed by atoms with Crippen molar-refractivity contribution in [3.05, 3.63) is 32.3 Å². The van der Waals surface area contributed by atoms with Crippen molar-refractivity contribution < 1.29 is 9.66 Å². The third-order valence-corrected chi connectivity index (χ3v) is 3.11. The minimum atomic E-state index is -0.569. The molecular formula is C11H14Cl2N2O3. The molecule has 5 nitrogen and oxygen atoms in total. The van der Waals surface area contributed by atoms with Gasteiger partial charge in [-0.1, -0.05) is 30.1 Å². The number of rotatable bonds is 5. The molecule has 2 N–H and O–H groups in total. The van der Waals surface area contributed by atoms with Crippen LogP contribution >= 0.6 is 23.2 Å². The highest BCUT2D eigenvalue weighted by Gasteiger charge is 2.20. The van der Waals surface area contributed by atoms with E-state index in [1.807, 2.05) is 13.8 Å². The SMILES string of the molecule is CCC(C)(N)COc1c(Cl)cc([N+](=O)[O-])cc1Cl. The molecular weight excluding hydrogens is 279 g/mol. The number of ether oxygens (including phenoxy) is 1. The standard InChI is InChI=1S/C11H14Cl2N2O3/c1-3-11(2,14)6-18-10-8(12)4-7(15(16)17)5-9(10)13/h4-5H,3,6,14H2,1-2H3. The van der Waals surface area contributed by atoms with Crippen molar-refractivity contribution in [1.29, 1.82) is 0 Å². The van der Waals surface area contributed by atoms with Gasteiger partial charge in [-0.2, -0.15) is 0 Å². The Balaban J connectivity index is 2.94. The fourth-order valence-electron chi connectivity index (χ4n) is 1.13. The highest BCUT2D eigenvalue weighted by Crippen LogP contribution is 2.37. The van der Waals surface area contributed by atoms with Gasteiger partial charge in [-0.05, 0) is 13.3 Å². The van der Waals surface area contributed by atoms with Crippen molar-refractivity contribution >= 4 is 28.9 Å². The summed E-state index contributed by atoms with van der Waals surface area (Å²) < 4.78 is 5.45. The van der Waals surface area contributed by atoms with Crippen molar-refractivity contribution in [2.75, 3.05) is 6.61 Å². The maximum Gasteiger partial charge on any atom is 0.272 e. The van der Waals surface area contributed by atoms with Crippen LogP contribution in [0.2, 0.25) is 10.0 Å². The van der Waals surface area contributed by atoms with Crippen molar-refractivity contribution in [3.8, 4) is 5.75 Å². The van der Waals surface area contributed by atoms with Crippen LogP contribution in [0, 0.1) is 10.1 Å². The summed E-state index contributed by atoms with van der Waals surface area (Å²) in [5, 5.41) is 10.8. The van der Waals surface area contributed by atoms with E-state index in [-0.39, 0.29) is 28.1 Å². The molecule has 1 unspecified atom stereocenters. The summed E-state index contributed by atoms with van der Waals surface area (Å²) in [5.41, 5.74) is 5.24. The molecule has 0 heterocycles. The van der Waals surface area contributed by atoms with Gasteiger partial charge < -0.3 is 10.5 Å². The molecule has 18 heavy (non-hydrogen) atoms. The van der Waals surface area contributed by atoms with Gasteiger partial charge in [0.2, 0.25) is 0 Å². The fourth-order valence-corrected chi connectivity index (χ4v) is 1.71. The smallest absolute Gasteiger partial charge is 0.272 e. The lowest BCUT2D eigenvalue weighted by atomic mass is 10.0. The first kappa shape index (κ1) is 15.0. The lowest BCUT2D eigenvalue weighted by molar-refractivity contribution is -0.384. The number of hydrogen-bond acceptors (Lipinski definition) is 4. The predicted molar refractivity (Wildman–Crippen MR) is 71.5 cm³/mol. The predicted octanol–water partition coefficient (Wildman–Crippen LogP) is 3.41. The molecule has 0 aromatic heterocycles. The lowest BCUT2D eigenvalue weighted by Crippen LogP contribution is -2.41. The molecule has 1 aromatic rings. The van der Waals surface area contributed by atoms with Crippen LogP contribution in [-0.4, -0.2) is 17.1 Å². The average Bonchev–Trinajstić information content (AvgIpc) is 2.27. The molecule has 0 saturated carbocycles. The fraction of sp³-hybridized carbons (Fsp3) is 0.455. The van der Waals surface area contributed by atoms with Crippen molar-refractivity contribution in [2.24, 2.45) is 5.73 Å². The Bertz CT molecular complexity index is 441. The van der Waals surface area contributed by atoms with Crippen LogP contribution < -0.4 is 10.5 Å². The number of nitro benzene ring substituents is 1. The summed E-state index contributed by atoms with van der Waals surface area (Å²) in [6.07, 6.45) is 0.717. The van der Waals surface area contributed by atoms with Crippen LogP contribution in [0.4, 0.5) is 5.69 Å². The molecule has 1 aromatic carbocycles. The first-order chi connectivity index (χ1) is 8.26. The zero-order valence-corrected chi connectivity index (χ0v) is 11.6. The third kappa shape index (κ3) is 3.73. The van der Waals surface area contributed by atoms with E-state index in [0.29, 0.717) is 0 Å². The van der Waals surface area contributed by atoms with E-state index >= 15 is 0 Å². The van der Waals surface area contributed by atoms with Crippen LogP contribution in [-0.2, 0) is 0 Å². The summed E-state index contributed by atoms with van der Waals surface area (Å²) in [6, 6.07) is 2.39. The van der Waals surface area contributed by atoms with Gasteiger partial charge in [-0.25, -0.2) is 0 Å². The van der Waals surface area contributed by atoms with Gasteiger partial charge >= 0.3 is 0 Å². The largest absolute Gasteiger partial charge is 0.489 e. The van der Waals surface area contributed by atoms with E-state index in [2.05, 4.69) is 0 Å². The average molecular weight is 293 g/mol. The van der Waals surface area contributed by atoms with Crippen molar-refractivity contribution in [2.45, 2.75) is 25.8 Å². The van der Waals surface area contributed by atoms with Crippen molar-refractivity contribution in [3.63, 3.8) is 0 Å². The number of non-ortho nitro benzene ring substituents is 1. The van der Waals surface area contributed by atoms with E-state index in [1.54, 1.807) is 0 Å². The van der Waals surface area contributed by atoms with Crippen molar-refractivity contribution in [1.82, 2.24) is 0 Å². The summed E-state index contributed by atoms with van der Waals surface area (Å²) in [4.78, 5) is 10.0. The van der Waals surface area contributed by atoms with Crippen LogP contribution in [0.3, 0.4) is 0 Å². The number of halogens is 2. The minimum absolute atomic E-state index is 0.0982. The van der Waals surface area contributed by atoms with E-state index in [9.17, 15) is 10.1 Å². The summed E-state index contributed by atoms with van der Waals surface area (Å²) in [5.74, 6) is 0.217. The second-order valence-electron chi connectivity index (χ2n) is 4.29. The number of benzene rings is 1. The summed E-state index contributed by atoms with van der Waals surface area (Å²) in [7, 11) is 0. The second kappa shape index (κ2) is 5.73. The highest BCUT2D eigenvalue weighted by atomic mass is 35.5. The zero-order chi connectivity index (χ0) is 13.9. The third-order valence-electron chi connectivity index (χ3n) is 2.55. The van der Waals surface area contributed by atoms with E-state index in [0.717, 1.165) is 6.42 Å². The molecule has 0 amide bonds. The number of nitrogens with zero attached hydrogens (tertiary/aromatic N) is 1. The van der Waals surface area contributed by atoms with E-state index < -0.39 is 10.5 Å². The van der Waals surface area contributed by atoms with Crippen LogP contribution in [0.1, 0.15) is 20.3 Å². The first-order valence-corrected chi connectivity index (χ1v) is 6.07. The highest BCUT2D eigenvalue weighted by molar-refractivity contribution is 6.37. The van der Waals surface area contributed by atoms with Gasteiger partial charge in [0.25, 0.3) is 5.69 Å². The van der Waals surface area contributed by atoms with Crippen LogP contribution in [0.25, 0.3) is 0 Å². The van der Waals surface area contributed by atoms with Crippen LogP contribution in [0.5, 0.6) is 5.75 Å². The maximum absolute atomic E-state index is 10.6. The Labute approximate surface area is 115 Å². The number of nitrogens with two attached hydrogens (primary N) is 1. The molecule has 0 saturated heterocycles. The molecule has 0 bridgehead atoms. The molecule has 0 fully saturated rings. The minimum Gasteiger partial charge on any atom is -0.489 e. The topological polar surface area (TPSA) is 78.4 Å². The number of nitro groups is 1. The van der Waals surface area contributed by atoms with E-state index in [4.69, 9.17) is 33.7 Å². The Kier molecular flexibility index (Phi) is 4.78. The lowest BCUT2D eigenvalue weighted by Gasteiger charge is -2.23. The normalized spacial score (nSPS) is 14.1. The zero-order valence-electron chi connectivity index (χ0n) is 10.1. The molecule has 7 heteroatoms. The Morgan fingerprint density at radius 3 is 2.33 bits per heavy atom. The Hall–Kier alpha value is -1.04. The van der Waals surface area contributed by atoms with Gasteiger partial charge in [-0.3, -0.25) is 10.1 Å². The quantitative estimate of drug-likeness (QED) is 0.666. The van der Waals surface area contributed by atoms with E-state index in [1.165, 1.54) is 12.1 Å². The summed E-state index contributed by atoms with van der Waals surface area (Å²) in [6.45, 7) is 3.99. The Morgan fingerprint density at radius 2 is 1.94 bits per heavy atom. The van der Waals surface area contributed by atoms with Gasteiger partial charge in [0.15, 0.2) is 5.75 Å². The molecule has 0 aliphatic carbocycles. The van der Waals surface area contributed by atoms with Gasteiger partial charge in [-0.15, -0.1) is 0 Å². The molecule has 100 valence electrons. The maximum atomic E-state index is 10.6. The summed E-state index contributed by atoms with van der Waals surface area (Å²) >= 11 is 11.8. The molecule has 1 atom stereocenters.